The number of H-pyrrole nitrogens is 1. The molecule has 2 aromatic heterocycles. The van der Waals surface area contributed by atoms with Crippen LogP contribution >= 0.6 is 0 Å². The zero-order valence-corrected chi connectivity index (χ0v) is 12.8. The molecule has 21 heavy (non-hydrogen) atoms. The number of nitrogens with zero attached hydrogens (tertiary/aromatic N) is 3. The highest BCUT2D eigenvalue weighted by Crippen LogP contribution is 2.26. The third kappa shape index (κ3) is 3.25. The van der Waals surface area contributed by atoms with Crippen LogP contribution in [0.5, 0.6) is 0 Å². The lowest BCUT2D eigenvalue weighted by Gasteiger charge is -2.18. The molecule has 0 saturated heterocycles. The van der Waals surface area contributed by atoms with Crippen molar-refractivity contribution >= 4 is 22.9 Å². The molecule has 6 nitrogen and oxygen atoms in total. The van der Waals surface area contributed by atoms with Crippen LogP contribution in [-0.4, -0.2) is 32.5 Å². The Bertz CT molecular complexity index is 593. The molecule has 0 bridgehead atoms. The molecule has 3 rings (SSSR count). The standard InChI is InChI=1S/C15H24N6/c1-3-16-15-20-13-12(17-9-18-13)14(21-15)19-11-6-4-5-10(2)7-8-11/h9-11H,3-8H2,1-2H3,(H3,16,17,18,19,20,21). The van der Waals surface area contributed by atoms with Crippen LogP contribution in [0.15, 0.2) is 6.33 Å². The van der Waals surface area contributed by atoms with E-state index >= 15 is 0 Å². The summed E-state index contributed by atoms with van der Waals surface area (Å²) in [7, 11) is 0. The molecule has 1 fully saturated rings. The first-order valence-electron chi connectivity index (χ1n) is 7.97. The van der Waals surface area contributed by atoms with Crippen LogP contribution in [0.25, 0.3) is 11.2 Å². The van der Waals surface area contributed by atoms with Gasteiger partial charge in [0.1, 0.15) is 5.52 Å². The molecular weight excluding hydrogens is 264 g/mol. The molecule has 3 N–H and O–H groups in total. The molecule has 2 unspecified atom stereocenters. The van der Waals surface area contributed by atoms with E-state index in [-0.39, 0.29) is 0 Å². The minimum absolute atomic E-state index is 0.492. The van der Waals surface area contributed by atoms with Gasteiger partial charge in [-0.15, -0.1) is 0 Å². The van der Waals surface area contributed by atoms with Gasteiger partial charge in [-0.25, -0.2) is 4.98 Å². The average Bonchev–Trinajstić information content (AvgIpc) is 2.84. The van der Waals surface area contributed by atoms with E-state index in [9.17, 15) is 0 Å². The maximum Gasteiger partial charge on any atom is 0.226 e. The van der Waals surface area contributed by atoms with Crippen LogP contribution in [0.3, 0.4) is 0 Å². The van der Waals surface area contributed by atoms with E-state index in [0.29, 0.717) is 17.6 Å². The molecule has 2 atom stereocenters. The number of imidazole rings is 1. The van der Waals surface area contributed by atoms with Crippen molar-refractivity contribution in [2.45, 2.75) is 52.0 Å². The SMILES string of the molecule is CCNc1nc(NC2CCCC(C)CC2)c2[nH]cnc2n1. The van der Waals surface area contributed by atoms with Crippen molar-refractivity contribution in [1.29, 1.82) is 0 Å². The van der Waals surface area contributed by atoms with Gasteiger partial charge in [-0.05, 0) is 32.1 Å². The largest absolute Gasteiger partial charge is 0.365 e. The van der Waals surface area contributed by atoms with Gasteiger partial charge in [0.05, 0.1) is 6.33 Å². The predicted octanol–water partition coefficient (Wildman–Crippen LogP) is 3.17. The van der Waals surface area contributed by atoms with Crippen LogP contribution in [0.4, 0.5) is 11.8 Å². The molecule has 0 spiro atoms. The van der Waals surface area contributed by atoms with E-state index in [0.717, 1.165) is 23.8 Å². The van der Waals surface area contributed by atoms with E-state index in [1.165, 1.54) is 32.1 Å². The number of hydrogen-bond donors (Lipinski definition) is 3. The molecule has 2 aromatic rings. The van der Waals surface area contributed by atoms with Crippen molar-refractivity contribution in [3.63, 3.8) is 0 Å². The molecule has 1 aliphatic rings. The van der Waals surface area contributed by atoms with Crippen LogP contribution in [0.1, 0.15) is 46.0 Å². The van der Waals surface area contributed by atoms with Gasteiger partial charge in [0.25, 0.3) is 0 Å². The second kappa shape index (κ2) is 6.28. The zero-order chi connectivity index (χ0) is 14.7. The number of aromatic amines is 1. The minimum Gasteiger partial charge on any atom is -0.365 e. The fourth-order valence-corrected chi connectivity index (χ4v) is 3.00. The number of nitrogens with one attached hydrogen (secondary N) is 3. The van der Waals surface area contributed by atoms with Gasteiger partial charge in [0.15, 0.2) is 11.5 Å². The second-order valence-electron chi connectivity index (χ2n) is 5.98. The average molecular weight is 288 g/mol. The normalized spacial score (nSPS) is 23.0. The van der Waals surface area contributed by atoms with Gasteiger partial charge in [-0.3, -0.25) is 0 Å². The van der Waals surface area contributed by atoms with Gasteiger partial charge >= 0.3 is 0 Å². The summed E-state index contributed by atoms with van der Waals surface area (Å²) in [6.07, 6.45) is 8.00. The maximum absolute atomic E-state index is 4.60. The molecule has 2 heterocycles. The first-order chi connectivity index (χ1) is 10.3. The Kier molecular flexibility index (Phi) is 4.22. The van der Waals surface area contributed by atoms with Gasteiger partial charge in [0, 0.05) is 12.6 Å². The van der Waals surface area contributed by atoms with E-state index in [4.69, 9.17) is 0 Å². The predicted molar refractivity (Wildman–Crippen MR) is 85.5 cm³/mol. The summed E-state index contributed by atoms with van der Waals surface area (Å²) < 4.78 is 0. The highest BCUT2D eigenvalue weighted by atomic mass is 15.2. The van der Waals surface area contributed by atoms with Gasteiger partial charge in [-0.2, -0.15) is 9.97 Å². The maximum atomic E-state index is 4.60. The van der Waals surface area contributed by atoms with Crippen LogP contribution < -0.4 is 10.6 Å². The first-order valence-corrected chi connectivity index (χ1v) is 7.97. The van der Waals surface area contributed by atoms with Crippen LogP contribution in [0.2, 0.25) is 0 Å². The summed E-state index contributed by atoms with van der Waals surface area (Å²) in [5.74, 6) is 2.35. The van der Waals surface area contributed by atoms with E-state index in [1.54, 1.807) is 6.33 Å². The lowest BCUT2D eigenvalue weighted by atomic mass is 10.0. The summed E-state index contributed by atoms with van der Waals surface area (Å²) in [6.45, 7) is 5.19. The second-order valence-corrected chi connectivity index (χ2v) is 5.98. The number of aromatic nitrogens is 4. The molecule has 0 radical (unpaired) electrons. The van der Waals surface area contributed by atoms with Crippen LogP contribution in [-0.2, 0) is 0 Å². The molecular formula is C15H24N6. The smallest absolute Gasteiger partial charge is 0.226 e. The van der Waals surface area contributed by atoms with Gasteiger partial charge < -0.3 is 15.6 Å². The Hall–Kier alpha value is -1.85. The number of anilines is 2. The Morgan fingerprint density at radius 1 is 1.24 bits per heavy atom. The van der Waals surface area contributed by atoms with Crippen molar-refractivity contribution in [3.05, 3.63) is 6.33 Å². The number of hydrogen-bond acceptors (Lipinski definition) is 5. The van der Waals surface area contributed by atoms with Crippen molar-refractivity contribution < 1.29 is 0 Å². The van der Waals surface area contributed by atoms with E-state index in [2.05, 4.69) is 37.5 Å². The fraction of sp³-hybridized carbons (Fsp3) is 0.667. The lowest BCUT2D eigenvalue weighted by molar-refractivity contribution is 0.502. The van der Waals surface area contributed by atoms with Crippen LogP contribution in [0, 0.1) is 5.92 Å². The molecule has 114 valence electrons. The molecule has 1 saturated carbocycles. The summed E-state index contributed by atoms with van der Waals surface area (Å²) in [6, 6.07) is 0.492. The Balaban J connectivity index is 1.83. The number of rotatable bonds is 4. The van der Waals surface area contributed by atoms with Crippen molar-refractivity contribution in [3.8, 4) is 0 Å². The summed E-state index contributed by atoms with van der Waals surface area (Å²) in [4.78, 5) is 16.4. The van der Waals surface area contributed by atoms with Gasteiger partial charge in [-0.1, -0.05) is 19.8 Å². The monoisotopic (exact) mass is 288 g/mol. The van der Waals surface area contributed by atoms with Gasteiger partial charge in [0.2, 0.25) is 5.95 Å². The Morgan fingerprint density at radius 3 is 3.00 bits per heavy atom. The molecule has 1 aliphatic carbocycles. The third-order valence-corrected chi connectivity index (χ3v) is 4.22. The molecule has 0 aliphatic heterocycles. The summed E-state index contributed by atoms with van der Waals surface area (Å²) in [5.41, 5.74) is 1.61. The quantitative estimate of drug-likeness (QED) is 0.753. The summed E-state index contributed by atoms with van der Waals surface area (Å²) >= 11 is 0. The van der Waals surface area contributed by atoms with Crippen molar-refractivity contribution in [2.75, 3.05) is 17.2 Å². The molecule has 6 heteroatoms. The van der Waals surface area contributed by atoms with E-state index < -0.39 is 0 Å². The van der Waals surface area contributed by atoms with Crippen molar-refractivity contribution in [1.82, 2.24) is 19.9 Å². The Labute approximate surface area is 125 Å². The molecule has 0 aromatic carbocycles. The third-order valence-electron chi connectivity index (χ3n) is 4.22. The first kappa shape index (κ1) is 14.1. The highest BCUT2D eigenvalue weighted by molar-refractivity contribution is 5.83. The minimum atomic E-state index is 0.492. The fourth-order valence-electron chi connectivity index (χ4n) is 3.00. The van der Waals surface area contributed by atoms with Crippen molar-refractivity contribution in [2.24, 2.45) is 5.92 Å². The summed E-state index contributed by atoms with van der Waals surface area (Å²) in [5, 5.41) is 6.78. The lowest BCUT2D eigenvalue weighted by Crippen LogP contribution is -2.20. The topological polar surface area (TPSA) is 78.5 Å². The zero-order valence-electron chi connectivity index (χ0n) is 12.8. The highest BCUT2D eigenvalue weighted by Gasteiger charge is 2.18. The Morgan fingerprint density at radius 2 is 2.14 bits per heavy atom. The number of fused-ring (bicyclic) bond motifs is 1. The van der Waals surface area contributed by atoms with E-state index in [1.807, 2.05) is 6.92 Å². The molecule has 0 amide bonds.